The monoisotopic (exact) mass is 377 g/mol. The van der Waals surface area contributed by atoms with Gasteiger partial charge in [-0.05, 0) is 51.4 Å². The Morgan fingerprint density at radius 3 is 2.75 bits per heavy atom. The first-order valence-corrected chi connectivity index (χ1v) is 10.3. The Balaban J connectivity index is 1.60. The minimum absolute atomic E-state index is 0.413. The smallest absolute Gasteiger partial charge is 0.132 e. The van der Waals surface area contributed by atoms with Crippen molar-refractivity contribution in [2.75, 3.05) is 32.1 Å². The summed E-state index contributed by atoms with van der Waals surface area (Å²) in [6.07, 6.45) is 4.30. The van der Waals surface area contributed by atoms with Crippen LogP contribution in [0.5, 0.6) is 0 Å². The van der Waals surface area contributed by atoms with E-state index in [1.807, 2.05) is 12.3 Å². The molecule has 1 aromatic carbocycles. The molecule has 3 aromatic rings. The van der Waals surface area contributed by atoms with Gasteiger partial charge in [0.15, 0.2) is 0 Å². The summed E-state index contributed by atoms with van der Waals surface area (Å²) in [6.45, 7) is 7.66. The molecule has 0 unspecified atom stereocenters. The maximum atomic E-state index is 5.06. The Kier molecular flexibility index (Phi) is 5.36. The highest BCUT2D eigenvalue weighted by Gasteiger charge is 2.27. The number of piperidine rings is 1. The lowest BCUT2D eigenvalue weighted by atomic mass is 9.96. The second kappa shape index (κ2) is 7.92. The molecule has 0 radical (unpaired) electrons. The maximum Gasteiger partial charge on any atom is 0.132 e. The van der Waals surface area contributed by atoms with Crippen LogP contribution in [0.1, 0.15) is 50.0 Å². The number of imidazole rings is 1. The van der Waals surface area contributed by atoms with Gasteiger partial charge in [0.2, 0.25) is 0 Å². The molecular weight excluding hydrogens is 346 g/mol. The van der Waals surface area contributed by atoms with Crippen molar-refractivity contribution in [2.45, 2.75) is 45.2 Å². The van der Waals surface area contributed by atoms with Crippen LogP contribution in [0.25, 0.3) is 11.0 Å². The van der Waals surface area contributed by atoms with Crippen molar-refractivity contribution in [1.82, 2.24) is 19.4 Å². The van der Waals surface area contributed by atoms with Crippen molar-refractivity contribution in [2.24, 2.45) is 0 Å². The van der Waals surface area contributed by atoms with Crippen LogP contribution < -0.4 is 4.90 Å². The number of fused-ring (bicyclic) bond motifs is 1. The van der Waals surface area contributed by atoms with E-state index in [4.69, 9.17) is 4.98 Å². The van der Waals surface area contributed by atoms with Gasteiger partial charge < -0.3 is 9.47 Å². The van der Waals surface area contributed by atoms with Gasteiger partial charge in [-0.1, -0.05) is 18.2 Å². The molecule has 0 spiro atoms. The van der Waals surface area contributed by atoms with Gasteiger partial charge in [-0.2, -0.15) is 0 Å². The first-order chi connectivity index (χ1) is 13.5. The summed E-state index contributed by atoms with van der Waals surface area (Å²) in [4.78, 5) is 14.3. The summed E-state index contributed by atoms with van der Waals surface area (Å²) < 4.78 is 2.44. The molecule has 4 rings (SSSR count). The van der Waals surface area contributed by atoms with Gasteiger partial charge in [-0.25, -0.2) is 9.97 Å². The third kappa shape index (κ3) is 3.63. The fourth-order valence-corrected chi connectivity index (χ4v) is 4.50. The molecule has 1 aliphatic rings. The first-order valence-electron chi connectivity index (χ1n) is 10.3. The Morgan fingerprint density at radius 1 is 1.14 bits per heavy atom. The highest BCUT2D eigenvalue weighted by molar-refractivity contribution is 5.76. The van der Waals surface area contributed by atoms with E-state index in [-0.39, 0.29) is 0 Å². The highest BCUT2D eigenvalue weighted by Crippen LogP contribution is 2.32. The van der Waals surface area contributed by atoms with Crippen molar-refractivity contribution in [3.05, 3.63) is 54.0 Å². The van der Waals surface area contributed by atoms with Crippen LogP contribution in [0.2, 0.25) is 0 Å². The Bertz CT molecular complexity index is 943. The van der Waals surface area contributed by atoms with Gasteiger partial charge >= 0.3 is 0 Å². The molecule has 0 aliphatic carbocycles. The molecule has 3 heterocycles. The second-order valence-electron chi connectivity index (χ2n) is 8.38. The normalized spacial score (nSPS) is 18.1. The van der Waals surface area contributed by atoms with E-state index in [0.717, 1.165) is 31.0 Å². The zero-order valence-corrected chi connectivity index (χ0v) is 17.5. The van der Waals surface area contributed by atoms with Crippen LogP contribution in [0.15, 0.2) is 42.6 Å². The standard InChI is InChI=1S/C23H31N5/c1-17(2)28-21-12-6-5-11-20(21)25-23(28)19-10-8-14-27(16-19)15-18-9-7-13-24-22(18)26(3)4/h5-7,9,11-13,17,19H,8,10,14-16H2,1-4H3/t19-/m1/s1. The Labute approximate surface area is 168 Å². The van der Waals surface area contributed by atoms with Crippen molar-refractivity contribution in [3.8, 4) is 0 Å². The maximum absolute atomic E-state index is 5.06. The number of rotatable bonds is 5. The van der Waals surface area contributed by atoms with Crippen LogP contribution >= 0.6 is 0 Å². The number of pyridine rings is 1. The third-order valence-corrected chi connectivity index (χ3v) is 5.70. The van der Waals surface area contributed by atoms with Gasteiger partial charge in [-0.15, -0.1) is 0 Å². The summed E-state index contributed by atoms with van der Waals surface area (Å²) in [5, 5.41) is 0. The molecule has 28 heavy (non-hydrogen) atoms. The number of aromatic nitrogens is 3. The van der Waals surface area contributed by atoms with E-state index in [1.165, 1.54) is 29.7 Å². The van der Waals surface area contributed by atoms with Crippen molar-refractivity contribution < 1.29 is 0 Å². The van der Waals surface area contributed by atoms with E-state index in [2.05, 4.69) is 77.6 Å². The predicted octanol–water partition coefficient (Wildman–Crippen LogP) is 4.46. The summed E-state index contributed by atoms with van der Waals surface area (Å²) in [6, 6.07) is 13.2. The van der Waals surface area contributed by atoms with Crippen LogP contribution in [0.4, 0.5) is 5.82 Å². The Morgan fingerprint density at radius 2 is 1.96 bits per heavy atom. The molecular formula is C23H31N5. The lowest BCUT2D eigenvalue weighted by Crippen LogP contribution is -2.35. The minimum Gasteiger partial charge on any atom is -0.362 e. The second-order valence-corrected chi connectivity index (χ2v) is 8.38. The van der Waals surface area contributed by atoms with Crippen LogP contribution in [0, 0.1) is 0 Å². The Hall–Kier alpha value is -2.40. The summed E-state index contributed by atoms with van der Waals surface area (Å²) in [5.74, 6) is 2.79. The summed E-state index contributed by atoms with van der Waals surface area (Å²) in [5.41, 5.74) is 3.67. The van der Waals surface area contributed by atoms with Crippen LogP contribution in [-0.2, 0) is 6.54 Å². The summed E-state index contributed by atoms with van der Waals surface area (Å²) >= 11 is 0. The largest absolute Gasteiger partial charge is 0.362 e. The molecule has 5 heteroatoms. The van der Waals surface area contributed by atoms with Gasteiger partial charge in [0.25, 0.3) is 0 Å². The van der Waals surface area contributed by atoms with Gasteiger partial charge in [0.1, 0.15) is 11.6 Å². The fourth-order valence-electron chi connectivity index (χ4n) is 4.50. The van der Waals surface area contributed by atoms with Crippen molar-refractivity contribution >= 4 is 16.9 Å². The van der Waals surface area contributed by atoms with Crippen molar-refractivity contribution in [3.63, 3.8) is 0 Å². The lowest BCUT2D eigenvalue weighted by molar-refractivity contribution is 0.194. The number of hydrogen-bond donors (Lipinski definition) is 0. The van der Waals surface area contributed by atoms with Crippen molar-refractivity contribution in [1.29, 1.82) is 0 Å². The number of nitrogens with zero attached hydrogens (tertiary/aromatic N) is 5. The molecule has 148 valence electrons. The van der Waals surface area contributed by atoms with Crippen LogP contribution in [0.3, 0.4) is 0 Å². The predicted molar refractivity (Wildman–Crippen MR) is 116 cm³/mol. The van der Waals surface area contributed by atoms with E-state index >= 15 is 0 Å². The molecule has 1 atom stereocenters. The highest BCUT2D eigenvalue weighted by atomic mass is 15.2. The molecule has 1 fully saturated rings. The molecule has 1 saturated heterocycles. The average molecular weight is 378 g/mol. The topological polar surface area (TPSA) is 37.2 Å². The molecule has 1 aliphatic heterocycles. The fraction of sp³-hybridized carbons (Fsp3) is 0.478. The van der Waals surface area contributed by atoms with Gasteiger partial charge in [-0.3, -0.25) is 4.90 Å². The number of benzene rings is 1. The van der Waals surface area contributed by atoms with Gasteiger partial charge in [0, 0.05) is 50.9 Å². The number of hydrogen-bond acceptors (Lipinski definition) is 4. The summed E-state index contributed by atoms with van der Waals surface area (Å²) in [7, 11) is 4.13. The average Bonchev–Trinajstić information content (AvgIpc) is 3.08. The number of para-hydroxylation sites is 2. The third-order valence-electron chi connectivity index (χ3n) is 5.70. The molecule has 0 N–H and O–H groups in total. The lowest BCUT2D eigenvalue weighted by Gasteiger charge is -2.33. The molecule has 0 saturated carbocycles. The van der Waals surface area contributed by atoms with Gasteiger partial charge in [0.05, 0.1) is 11.0 Å². The zero-order chi connectivity index (χ0) is 19.7. The first kappa shape index (κ1) is 18.9. The number of anilines is 1. The molecule has 2 aromatic heterocycles. The van der Waals surface area contributed by atoms with E-state index in [1.54, 1.807) is 0 Å². The zero-order valence-electron chi connectivity index (χ0n) is 17.5. The number of likely N-dealkylation sites (tertiary alicyclic amines) is 1. The molecule has 0 bridgehead atoms. The van der Waals surface area contributed by atoms with E-state index in [0.29, 0.717) is 12.0 Å². The van der Waals surface area contributed by atoms with E-state index in [9.17, 15) is 0 Å². The SMILES string of the molecule is CC(C)n1c([C@@H]2CCCN(Cc3cccnc3N(C)C)C2)nc2ccccc21. The molecule has 5 nitrogen and oxygen atoms in total. The quantitative estimate of drug-likeness (QED) is 0.658. The van der Waals surface area contributed by atoms with Crippen LogP contribution in [-0.4, -0.2) is 46.6 Å². The van der Waals surface area contributed by atoms with E-state index < -0.39 is 0 Å². The minimum atomic E-state index is 0.413. The molecule has 0 amide bonds.